The zero-order valence-corrected chi connectivity index (χ0v) is 8.89. The monoisotopic (exact) mass is 226 g/mol. The van der Waals surface area contributed by atoms with Gasteiger partial charge in [-0.1, -0.05) is 6.07 Å². The molecule has 0 aliphatic heterocycles. The molecule has 0 aromatic heterocycles. The molecule has 1 rings (SSSR count). The Balaban J connectivity index is 2.80. The van der Waals surface area contributed by atoms with Crippen molar-refractivity contribution in [3.8, 4) is 6.07 Å². The molecule has 0 heterocycles. The highest BCUT2D eigenvalue weighted by Crippen LogP contribution is 2.11. The van der Waals surface area contributed by atoms with Crippen molar-refractivity contribution in [3.05, 3.63) is 35.1 Å². The molecule has 0 bridgehead atoms. The molecule has 0 saturated carbocycles. The summed E-state index contributed by atoms with van der Waals surface area (Å²) in [5, 5.41) is 8.59. The van der Waals surface area contributed by atoms with Gasteiger partial charge in [0.2, 0.25) is 0 Å². The van der Waals surface area contributed by atoms with Crippen LogP contribution in [0.2, 0.25) is 0 Å². The topological polar surface area (TPSA) is 66.9 Å². The summed E-state index contributed by atoms with van der Waals surface area (Å²) in [5.41, 5.74) is 5.94. The Kier molecular flexibility index (Phi) is 4.40. The third-order valence-electron chi connectivity index (χ3n) is 1.82. The maximum atomic E-state index is 12.9. The van der Waals surface area contributed by atoms with E-state index in [1.54, 1.807) is 6.07 Å². The lowest BCUT2D eigenvalue weighted by molar-refractivity contribution is 0.623. The zero-order chi connectivity index (χ0) is 11.3. The summed E-state index contributed by atoms with van der Waals surface area (Å²) in [6, 6.07) is 5.91. The van der Waals surface area contributed by atoms with Crippen molar-refractivity contribution in [1.29, 1.82) is 5.26 Å². The Hall–Kier alpha value is -1.25. The Labute approximate surface area is 90.2 Å². The molecule has 1 aromatic carbocycles. The van der Waals surface area contributed by atoms with Gasteiger partial charge in [0, 0.05) is 28.9 Å². The summed E-state index contributed by atoms with van der Waals surface area (Å²) in [6.07, 6.45) is 0. The normalized spacial score (nSPS) is 12.1. The Morgan fingerprint density at radius 3 is 2.87 bits per heavy atom. The summed E-state index contributed by atoms with van der Waals surface area (Å²) in [6.45, 7) is 0.360. The van der Waals surface area contributed by atoms with Gasteiger partial charge in [-0.15, -0.1) is 0 Å². The molecule has 0 aliphatic carbocycles. The van der Waals surface area contributed by atoms with Gasteiger partial charge in [0.05, 0.1) is 5.56 Å². The van der Waals surface area contributed by atoms with Crippen molar-refractivity contribution < 1.29 is 8.60 Å². The van der Waals surface area contributed by atoms with Crippen LogP contribution in [0.5, 0.6) is 0 Å². The van der Waals surface area contributed by atoms with E-state index in [4.69, 9.17) is 11.0 Å². The van der Waals surface area contributed by atoms with Crippen molar-refractivity contribution in [3.63, 3.8) is 0 Å². The average Bonchev–Trinajstić information content (AvgIpc) is 2.21. The fraction of sp³-hybridized carbons (Fsp3) is 0.300. The van der Waals surface area contributed by atoms with Crippen LogP contribution in [-0.4, -0.2) is 16.5 Å². The summed E-state index contributed by atoms with van der Waals surface area (Å²) < 4.78 is 24.3. The molecule has 1 atom stereocenters. The van der Waals surface area contributed by atoms with Gasteiger partial charge < -0.3 is 5.73 Å². The number of benzene rings is 1. The van der Waals surface area contributed by atoms with Crippen LogP contribution >= 0.6 is 0 Å². The quantitative estimate of drug-likeness (QED) is 0.829. The highest BCUT2D eigenvalue weighted by Gasteiger charge is 2.05. The largest absolute Gasteiger partial charge is 0.330 e. The predicted molar refractivity (Wildman–Crippen MR) is 56.9 cm³/mol. The Morgan fingerprint density at radius 2 is 2.27 bits per heavy atom. The molecule has 1 aromatic rings. The second kappa shape index (κ2) is 5.59. The molecule has 0 radical (unpaired) electrons. The molecule has 0 saturated heterocycles. The van der Waals surface area contributed by atoms with Crippen molar-refractivity contribution in [1.82, 2.24) is 0 Å². The number of nitrogens with two attached hydrogens (primary N) is 1. The molecule has 2 N–H and O–H groups in total. The zero-order valence-electron chi connectivity index (χ0n) is 8.07. The molecule has 0 amide bonds. The van der Waals surface area contributed by atoms with E-state index in [0.717, 1.165) is 0 Å². The fourth-order valence-electron chi connectivity index (χ4n) is 1.14. The van der Waals surface area contributed by atoms with Crippen molar-refractivity contribution in [2.45, 2.75) is 5.75 Å². The van der Waals surface area contributed by atoms with E-state index in [9.17, 15) is 8.60 Å². The Bertz CT molecular complexity index is 414. The van der Waals surface area contributed by atoms with E-state index in [1.807, 2.05) is 0 Å². The molecule has 5 heteroatoms. The first-order valence-electron chi connectivity index (χ1n) is 4.41. The van der Waals surface area contributed by atoms with Crippen LogP contribution in [0.4, 0.5) is 4.39 Å². The lowest BCUT2D eigenvalue weighted by atomic mass is 10.1. The number of nitrogens with zero attached hydrogens (tertiary/aromatic N) is 1. The smallest absolute Gasteiger partial charge is 0.140 e. The maximum Gasteiger partial charge on any atom is 0.140 e. The van der Waals surface area contributed by atoms with E-state index < -0.39 is 16.6 Å². The SMILES string of the molecule is N#Cc1cc(CS(=O)CCN)ccc1F. The van der Waals surface area contributed by atoms with Gasteiger partial charge in [-0.05, 0) is 17.7 Å². The van der Waals surface area contributed by atoms with E-state index in [2.05, 4.69) is 0 Å². The summed E-state index contributed by atoms with van der Waals surface area (Å²) in [4.78, 5) is 0. The highest BCUT2D eigenvalue weighted by molar-refractivity contribution is 7.84. The van der Waals surface area contributed by atoms with Gasteiger partial charge in [0.15, 0.2) is 0 Å². The third-order valence-corrected chi connectivity index (χ3v) is 3.17. The predicted octanol–water partition coefficient (Wildman–Crippen LogP) is 0.905. The van der Waals surface area contributed by atoms with Gasteiger partial charge >= 0.3 is 0 Å². The second-order valence-corrected chi connectivity index (χ2v) is 4.58. The average molecular weight is 226 g/mol. The number of rotatable bonds is 4. The molecular formula is C10H11FN2OS. The molecule has 3 nitrogen and oxygen atoms in total. The summed E-state index contributed by atoms with van der Waals surface area (Å²) in [7, 11) is -1.04. The second-order valence-electron chi connectivity index (χ2n) is 3.00. The Morgan fingerprint density at radius 1 is 1.53 bits per heavy atom. The van der Waals surface area contributed by atoms with Crippen LogP contribution in [0, 0.1) is 17.1 Å². The molecule has 0 aliphatic rings. The van der Waals surface area contributed by atoms with Gasteiger partial charge in [-0.25, -0.2) is 4.39 Å². The van der Waals surface area contributed by atoms with E-state index in [0.29, 0.717) is 23.6 Å². The molecule has 15 heavy (non-hydrogen) atoms. The maximum absolute atomic E-state index is 12.9. The molecule has 80 valence electrons. The molecule has 1 unspecified atom stereocenters. The number of nitriles is 1. The molecular weight excluding hydrogens is 215 g/mol. The number of halogens is 1. The van der Waals surface area contributed by atoms with Crippen LogP contribution in [0.1, 0.15) is 11.1 Å². The lowest BCUT2D eigenvalue weighted by Crippen LogP contribution is -2.11. The fourth-order valence-corrected chi connectivity index (χ4v) is 2.10. The summed E-state index contributed by atoms with van der Waals surface area (Å²) >= 11 is 0. The van der Waals surface area contributed by atoms with Crippen molar-refractivity contribution in [2.24, 2.45) is 5.73 Å². The number of hydrogen-bond donors (Lipinski definition) is 1. The minimum Gasteiger partial charge on any atom is -0.330 e. The van der Waals surface area contributed by atoms with Gasteiger partial charge in [-0.3, -0.25) is 4.21 Å². The van der Waals surface area contributed by atoms with Gasteiger partial charge in [0.1, 0.15) is 11.9 Å². The lowest BCUT2D eigenvalue weighted by Gasteiger charge is -2.02. The van der Waals surface area contributed by atoms with Crippen molar-refractivity contribution in [2.75, 3.05) is 12.3 Å². The van der Waals surface area contributed by atoms with Crippen LogP contribution in [0.25, 0.3) is 0 Å². The molecule has 0 fully saturated rings. The summed E-state index contributed by atoms with van der Waals surface area (Å²) in [5.74, 6) is 0.177. The van der Waals surface area contributed by atoms with Crippen LogP contribution in [-0.2, 0) is 16.6 Å². The first-order valence-corrected chi connectivity index (χ1v) is 5.89. The molecule has 0 spiro atoms. The first-order chi connectivity index (χ1) is 7.17. The van der Waals surface area contributed by atoms with Crippen LogP contribution in [0.15, 0.2) is 18.2 Å². The standard InChI is InChI=1S/C10H11FN2OS/c11-10-2-1-8(5-9(10)6-13)7-15(14)4-3-12/h1-2,5H,3-4,7,12H2. The third kappa shape index (κ3) is 3.42. The first kappa shape index (κ1) is 11.8. The van der Waals surface area contributed by atoms with Gasteiger partial charge in [0.25, 0.3) is 0 Å². The van der Waals surface area contributed by atoms with Crippen LogP contribution in [0.3, 0.4) is 0 Å². The minimum atomic E-state index is -1.04. The minimum absolute atomic E-state index is 0.0164. The highest BCUT2D eigenvalue weighted by atomic mass is 32.2. The van der Waals surface area contributed by atoms with E-state index in [1.165, 1.54) is 18.2 Å². The van der Waals surface area contributed by atoms with E-state index in [-0.39, 0.29) is 5.56 Å². The van der Waals surface area contributed by atoms with Gasteiger partial charge in [-0.2, -0.15) is 5.26 Å². The van der Waals surface area contributed by atoms with Crippen molar-refractivity contribution >= 4 is 10.8 Å². The number of hydrogen-bond acceptors (Lipinski definition) is 3. The van der Waals surface area contributed by atoms with E-state index >= 15 is 0 Å². The van der Waals surface area contributed by atoms with Crippen LogP contribution < -0.4 is 5.73 Å².